The number of rotatable bonds is 3. The van der Waals surface area contributed by atoms with Crippen LogP contribution in [0.15, 0.2) is 12.7 Å². The van der Waals surface area contributed by atoms with Gasteiger partial charge in [-0.2, -0.15) is 0 Å². The summed E-state index contributed by atoms with van der Waals surface area (Å²) in [5, 5.41) is 8.39. The first-order valence-electron chi connectivity index (χ1n) is 2.59. The summed E-state index contributed by atoms with van der Waals surface area (Å²) in [5.41, 5.74) is 0. The van der Waals surface area contributed by atoms with Crippen LogP contribution >= 0.6 is 15.9 Å². The van der Waals surface area contributed by atoms with E-state index in [9.17, 15) is 4.79 Å². The van der Waals surface area contributed by atoms with Crippen LogP contribution in [0.1, 0.15) is 6.92 Å². The Kier molecular flexibility index (Phi) is 3.54. The average molecular weight is 193 g/mol. The number of carboxylic acids is 1. The molecule has 0 aliphatic heterocycles. The van der Waals surface area contributed by atoms with Crippen LogP contribution in [0.2, 0.25) is 0 Å². The summed E-state index contributed by atoms with van der Waals surface area (Å²) in [6.07, 6.45) is 1.60. The topological polar surface area (TPSA) is 37.3 Å². The van der Waals surface area contributed by atoms with E-state index >= 15 is 0 Å². The van der Waals surface area contributed by atoms with E-state index in [1.165, 1.54) is 0 Å². The second-order valence-corrected chi connectivity index (χ2v) is 2.82. The predicted octanol–water partition coefficient (Wildman–Crippen LogP) is 1.66. The Morgan fingerprint density at radius 3 is 2.44 bits per heavy atom. The third kappa shape index (κ3) is 2.65. The molecule has 0 heterocycles. The molecule has 0 amide bonds. The molecule has 0 aromatic carbocycles. The van der Waals surface area contributed by atoms with Gasteiger partial charge in [-0.25, -0.2) is 0 Å². The van der Waals surface area contributed by atoms with E-state index in [4.69, 9.17) is 5.11 Å². The summed E-state index contributed by atoms with van der Waals surface area (Å²) < 4.78 is 0. The van der Waals surface area contributed by atoms with Crippen molar-refractivity contribution in [1.29, 1.82) is 0 Å². The van der Waals surface area contributed by atoms with Gasteiger partial charge in [0.2, 0.25) is 0 Å². The van der Waals surface area contributed by atoms with Crippen molar-refractivity contribution in [2.45, 2.75) is 11.8 Å². The molecule has 0 radical (unpaired) electrons. The number of allylic oxidation sites excluding steroid dienone is 1. The lowest BCUT2D eigenvalue weighted by Crippen LogP contribution is -2.19. The maximum absolute atomic E-state index is 10.2. The first-order chi connectivity index (χ1) is 4.09. The lowest BCUT2D eigenvalue weighted by atomic mass is 10.1. The Bertz CT molecular complexity index is 122. The first-order valence-corrected chi connectivity index (χ1v) is 3.50. The second kappa shape index (κ2) is 3.67. The van der Waals surface area contributed by atoms with E-state index < -0.39 is 10.8 Å². The number of halogens is 1. The van der Waals surface area contributed by atoms with Gasteiger partial charge in [-0.05, 0) is 5.92 Å². The Labute approximate surface area is 62.7 Å². The van der Waals surface area contributed by atoms with Crippen molar-refractivity contribution < 1.29 is 9.90 Å². The van der Waals surface area contributed by atoms with Gasteiger partial charge < -0.3 is 5.11 Å². The number of alkyl halides is 1. The highest BCUT2D eigenvalue weighted by Crippen LogP contribution is 2.12. The summed E-state index contributed by atoms with van der Waals surface area (Å²) in [4.78, 5) is 9.70. The zero-order valence-corrected chi connectivity index (χ0v) is 6.76. The van der Waals surface area contributed by atoms with Crippen molar-refractivity contribution in [2.24, 2.45) is 5.92 Å². The molecule has 0 saturated carbocycles. The molecule has 0 unspecified atom stereocenters. The molecular formula is C6H9BrO2. The maximum Gasteiger partial charge on any atom is 0.317 e. The van der Waals surface area contributed by atoms with Gasteiger partial charge in [0.15, 0.2) is 0 Å². The van der Waals surface area contributed by atoms with Gasteiger partial charge in [-0.1, -0.05) is 28.9 Å². The smallest absolute Gasteiger partial charge is 0.317 e. The third-order valence-corrected chi connectivity index (χ3v) is 2.29. The van der Waals surface area contributed by atoms with Crippen LogP contribution < -0.4 is 0 Å². The molecule has 0 aliphatic carbocycles. The van der Waals surface area contributed by atoms with Crippen molar-refractivity contribution in [1.82, 2.24) is 0 Å². The van der Waals surface area contributed by atoms with E-state index in [-0.39, 0.29) is 5.92 Å². The molecule has 0 aromatic rings. The van der Waals surface area contributed by atoms with Gasteiger partial charge in [0.05, 0.1) is 0 Å². The number of carboxylic acid groups (broad SMARTS) is 1. The van der Waals surface area contributed by atoms with Crippen LogP contribution in [0.25, 0.3) is 0 Å². The van der Waals surface area contributed by atoms with Crippen LogP contribution in [0.3, 0.4) is 0 Å². The van der Waals surface area contributed by atoms with Gasteiger partial charge in [0.1, 0.15) is 4.83 Å². The van der Waals surface area contributed by atoms with Gasteiger partial charge in [-0.3, -0.25) is 4.79 Å². The predicted molar refractivity (Wildman–Crippen MR) is 39.7 cm³/mol. The minimum absolute atomic E-state index is 0.0255. The fourth-order valence-electron chi connectivity index (χ4n) is 0.344. The molecule has 1 N–H and O–H groups in total. The van der Waals surface area contributed by atoms with Crippen molar-refractivity contribution >= 4 is 21.9 Å². The minimum Gasteiger partial charge on any atom is -0.480 e. The molecule has 3 heteroatoms. The molecule has 0 saturated heterocycles. The van der Waals surface area contributed by atoms with Crippen LogP contribution in [0, 0.1) is 5.92 Å². The number of aliphatic carboxylic acids is 1. The van der Waals surface area contributed by atoms with Gasteiger partial charge in [0, 0.05) is 0 Å². The second-order valence-electron chi connectivity index (χ2n) is 1.83. The first kappa shape index (κ1) is 8.69. The highest BCUT2D eigenvalue weighted by Gasteiger charge is 2.17. The Morgan fingerprint density at radius 1 is 1.89 bits per heavy atom. The zero-order valence-electron chi connectivity index (χ0n) is 5.17. The number of carbonyl (C=O) groups is 1. The van der Waals surface area contributed by atoms with Crippen molar-refractivity contribution in [3.8, 4) is 0 Å². The summed E-state index contributed by atoms with van der Waals surface area (Å²) >= 11 is 3.00. The summed E-state index contributed by atoms with van der Waals surface area (Å²) in [6, 6.07) is 0. The molecule has 9 heavy (non-hydrogen) atoms. The molecule has 0 spiro atoms. The SMILES string of the molecule is C=C[C@@H](C)[C@H](Br)C(=O)O. The standard InChI is InChI=1S/C6H9BrO2/c1-3-4(2)5(7)6(8)9/h3-5H,1H2,2H3,(H,8,9)/t4-,5+/m1/s1. The highest BCUT2D eigenvalue weighted by atomic mass is 79.9. The van der Waals surface area contributed by atoms with E-state index in [1.54, 1.807) is 13.0 Å². The molecule has 0 aliphatic rings. The fourth-order valence-corrected chi connectivity index (χ4v) is 0.560. The lowest BCUT2D eigenvalue weighted by molar-refractivity contribution is -0.136. The van der Waals surface area contributed by atoms with E-state index in [0.717, 1.165) is 0 Å². The molecule has 0 fully saturated rings. The van der Waals surface area contributed by atoms with E-state index in [0.29, 0.717) is 0 Å². The van der Waals surface area contributed by atoms with E-state index in [1.807, 2.05) is 0 Å². The van der Waals surface area contributed by atoms with Crippen molar-refractivity contribution in [2.75, 3.05) is 0 Å². The molecule has 2 nitrogen and oxygen atoms in total. The molecule has 0 bridgehead atoms. The quantitative estimate of drug-likeness (QED) is 0.546. The third-order valence-electron chi connectivity index (χ3n) is 1.07. The number of hydrogen-bond acceptors (Lipinski definition) is 1. The van der Waals surface area contributed by atoms with Crippen LogP contribution in [-0.4, -0.2) is 15.9 Å². The van der Waals surface area contributed by atoms with Crippen molar-refractivity contribution in [3.63, 3.8) is 0 Å². The summed E-state index contributed by atoms with van der Waals surface area (Å²) in [7, 11) is 0. The average Bonchev–Trinajstić information content (AvgIpc) is 1.84. The normalized spacial score (nSPS) is 16.2. The van der Waals surface area contributed by atoms with Crippen molar-refractivity contribution in [3.05, 3.63) is 12.7 Å². The van der Waals surface area contributed by atoms with Gasteiger partial charge in [-0.15, -0.1) is 6.58 Å². The maximum atomic E-state index is 10.2. The monoisotopic (exact) mass is 192 g/mol. The zero-order chi connectivity index (χ0) is 7.44. The molecule has 52 valence electrons. The van der Waals surface area contributed by atoms with Gasteiger partial charge in [0.25, 0.3) is 0 Å². The molecule has 2 atom stereocenters. The molecule has 0 rings (SSSR count). The van der Waals surface area contributed by atoms with Crippen LogP contribution in [0.4, 0.5) is 0 Å². The molecule has 0 aromatic heterocycles. The summed E-state index contributed by atoms with van der Waals surface area (Å²) in [6.45, 7) is 5.26. The van der Waals surface area contributed by atoms with Crippen LogP contribution in [-0.2, 0) is 4.79 Å². The Balaban J connectivity index is 3.86. The molecular weight excluding hydrogens is 184 g/mol. The highest BCUT2D eigenvalue weighted by molar-refractivity contribution is 9.10. The fraction of sp³-hybridized carbons (Fsp3) is 0.500. The lowest BCUT2D eigenvalue weighted by Gasteiger charge is -2.07. The van der Waals surface area contributed by atoms with E-state index in [2.05, 4.69) is 22.5 Å². The Morgan fingerprint density at radius 2 is 2.33 bits per heavy atom. The summed E-state index contributed by atoms with van der Waals surface area (Å²) in [5.74, 6) is -0.870. The van der Waals surface area contributed by atoms with Gasteiger partial charge >= 0.3 is 5.97 Å². The van der Waals surface area contributed by atoms with Crippen LogP contribution in [0.5, 0.6) is 0 Å². The Hall–Kier alpha value is -0.310. The largest absolute Gasteiger partial charge is 0.480 e. The number of hydrogen-bond donors (Lipinski definition) is 1. The minimum atomic E-state index is -0.845.